The maximum Gasteiger partial charge on any atom is 0.115 e. The fourth-order valence-electron chi connectivity index (χ4n) is 3.77. The van der Waals surface area contributed by atoms with Crippen molar-refractivity contribution >= 4 is 0 Å². The Morgan fingerprint density at radius 3 is 2.84 bits per heavy atom. The third kappa shape index (κ3) is 2.79. The van der Waals surface area contributed by atoms with E-state index in [9.17, 15) is 5.11 Å². The van der Waals surface area contributed by atoms with E-state index < -0.39 is 0 Å². The first-order chi connectivity index (χ1) is 9.16. The summed E-state index contributed by atoms with van der Waals surface area (Å²) in [4.78, 5) is 0. The number of phenolic OH excluding ortho intramolecular Hbond substituents is 1. The summed E-state index contributed by atoms with van der Waals surface area (Å²) in [5, 5.41) is 13.5. The summed E-state index contributed by atoms with van der Waals surface area (Å²) in [6.45, 7) is 3.53. The standard InChI is InChI=1S/C17H25NO/c1-17(9-2-3-10-17)12-18-16-6-4-5-13-7-8-14(19)11-15(13)16/h7-8,11,16,18-19H,2-6,9-10,12H2,1H3. The van der Waals surface area contributed by atoms with Crippen molar-refractivity contribution in [3.05, 3.63) is 29.3 Å². The van der Waals surface area contributed by atoms with E-state index in [2.05, 4.69) is 18.3 Å². The Morgan fingerprint density at radius 2 is 2.05 bits per heavy atom. The van der Waals surface area contributed by atoms with Crippen molar-refractivity contribution in [1.29, 1.82) is 0 Å². The van der Waals surface area contributed by atoms with E-state index >= 15 is 0 Å². The minimum Gasteiger partial charge on any atom is -0.508 e. The smallest absolute Gasteiger partial charge is 0.115 e. The van der Waals surface area contributed by atoms with E-state index in [1.54, 1.807) is 0 Å². The van der Waals surface area contributed by atoms with Crippen molar-refractivity contribution in [1.82, 2.24) is 5.32 Å². The molecule has 0 aliphatic heterocycles. The Kier molecular flexibility index (Phi) is 3.53. The Hall–Kier alpha value is -1.02. The summed E-state index contributed by atoms with van der Waals surface area (Å²) in [5.74, 6) is 0.402. The number of benzene rings is 1. The number of hydrogen-bond donors (Lipinski definition) is 2. The van der Waals surface area contributed by atoms with Gasteiger partial charge >= 0.3 is 0 Å². The van der Waals surface area contributed by atoms with Crippen molar-refractivity contribution in [2.75, 3.05) is 6.54 Å². The Morgan fingerprint density at radius 1 is 1.26 bits per heavy atom. The number of aryl methyl sites for hydroxylation is 1. The fourth-order valence-corrected chi connectivity index (χ4v) is 3.77. The quantitative estimate of drug-likeness (QED) is 0.861. The SMILES string of the molecule is CC1(CNC2CCCc3ccc(O)cc32)CCCC1. The van der Waals surface area contributed by atoms with Crippen LogP contribution in [-0.4, -0.2) is 11.7 Å². The molecule has 2 aliphatic rings. The number of fused-ring (bicyclic) bond motifs is 1. The molecular formula is C17H25NO. The molecule has 1 saturated carbocycles. The summed E-state index contributed by atoms with van der Waals surface area (Å²) < 4.78 is 0. The first kappa shape index (κ1) is 13.0. The van der Waals surface area contributed by atoms with Crippen LogP contribution in [0.3, 0.4) is 0 Å². The predicted octanol–water partition coefficient (Wildman–Crippen LogP) is 3.94. The molecule has 2 nitrogen and oxygen atoms in total. The molecule has 104 valence electrons. The van der Waals surface area contributed by atoms with Gasteiger partial charge in [-0.1, -0.05) is 25.8 Å². The Labute approximate surface area is 116 Å². The lowest BCUT2D eigenvalue weighted by Crippen LogP contribution is -2.34. The van der Waals surface area contributed by atoms with Crippen LogP contribution in [0.4, 0.5) is 0 Å². The highest BCUT2D eigenvalue weighted by molar-refractivity contribution is 5.38. The summed E-state index contributed by atoms with van der Waals surface area (Å²) in [6.07, 6.45) is 9.11. The number of rotatable bonds is 3. The molecule has 1 aromatic rings. The topological polar surface area (TPSA) is 32.3 Å². The lowest BCUT2D eigenvalue weighted by Gasteiger charge is -2.31. The van der Waals surface area contributed by atoms with E-state index in [4.69, 9.17) is 0 Å². The molecule has 1 unspecified atom stereocenters. The average Bonchev–Trinajstić information content (AvgIpc) is 2.84. The van der Waals surface area contributed by atoms with Gasteiger partial charge < -0.3 is 10.4 Å². The van der Waals surface area contributed by atoms with Gasteiger partial charge in [-0.05, 0) is 60.8 Å². The van der Waals surface area contributed by atoms with Crippen LogP contribution in [0.25, 0.3) is 0 Å². The second-order valence-corrected chi connectivity index (χ2v) is 6.73. The molecule has 0 amide bonds. The third-order valence-electron chi connectivity index (χ3n) is 5.03. The number of nitrogens with one attached hydrogen (secondary N) is 1. The molecule has 0 spiro atoms. The van der Waals surface area contributed by atoms with Gasteiger partial charge in [0.25, 0.3) is 0 Å². The monoisotopic (exact) mass is 259 g/mol. The maximum absolute atomic E-state index is 9.71. The van der Waals surface area contributed by atoms with Gasteiger partial charge in [0, 0.05) is 12.6 Å². The molecule has 0 aromatic heterocycles. The van der Waals surface area contributed by atoms with Crippen LogP contribution in [0.15, 0.2) is 18.2 Å². The van der Waals surface area contributed by atoms with Crippen molar-refractivity contribution in [2.24, 2.45) is 5.41 Å². The highest BCUT2D eigenvalue weighted by Gasteiger charge is 2.30. The van der Waals surface area contributed by atoms with Crippen LogP contribution in [0.5, 0.6) is 5.75 Å². The fraction of sp³-hybridized carbons (Fsp3) is 0.647. The van der Waals surface area contributed by atoms with E-state index in [-0.39, 0.29) is 0 Å². The molecule has 2 heteroatoms. The zero-order valence-electron chi connectivity index (χ0n) is 11.9. The highest BCUT2D eigenvalue weighted by atomic mass is 16.3. The Balaban J connectivity index is 1.71. The molecule has 0 heterocycles. The van der Waals surface area contributed by atoms with Gasteiger partial charge in [-0.15, -0.1) is 0 Å². The van der Waals surface area contributed by atoms with Crippen LogP contribution in [-0.2, 0) is 6.42 Å². The van der Waals surface area contributed by atoms with Crippen LogP contribution >= 0.6 is 0 Å². The number of hydrogen-bond acceptors (Lipinski definition) is 2. The van der Waals surface area contributed by atoms with Gasteiger partial charge in [0.05, 0.1) is 0 Å². The molecule has 3 rings (SSSR count). The van der Waals surface area contributed by atoms with Gasteiger partial charge in [0.15, 0.2) is 0 Å². The second kappa shape index (κ2) is 5.16. The molecule has 2 N–H and O–H groups in total. The van der Waals surface area contributed by atoms with Crippen molar-refractivity contribution in [3.63, 3.8) is 0 Å². The van der Waals surface area contributed by atoms with E-state index in [1.165, 1.54) is 49.7 Å². The molecule has 1 atom stereocenters. The van der Waals surface area contributed by atoms with Crippen molar-refractivity contribution < 1.29 is 5.11 Å². The molecule has 1 fully saturated rings. The minimum atomic E-state index is 0.402. The van der Waals surface area contributed by atoms with Crippen LogP contribution in [0.1, 0.15) is 62.6 Å². The lowest BCUT2D eigenvalue weighted by atomic mass is 9.85. The molecule has 1 aromatic carbocycles. The molecule has 0 bridgehead atoms. The molecule has 0 saturated heterocycles. The predicted molar refractivity (Wildman–Crippen MR) is 78.4 cm³/mol. The largest absolute Gasteiger partial charge is 0.508 e. The van der Waals surface area contributed by atoms with Gasteiger partial charge in [0.2, 0.25) is 0 Å². The highest BCUT2D eigenvalue weighted by Crippen LogP contribution is 2.38. The maximum atomic E-state index is 9.71. The van der Waals surface area contributed by atoms with E-state index in [0.29, 0.717) is 17.2 Å². The number of aromatic hydroxyl groups is 1. The van der Waals surface area contributed by atoms with Crippen LogP contribution in [0, 0.1) is 5.41 Å². The van der Waals surface area contributed by atoms with Gasteiger partial charge in [0.1, 0.15) is 5.75 Å². The van der Waals surface area contributed by atoms with Gasteiger partial charge in [-0.2, -0.15) is 0 Å². The van der Waals surface area contributed by atoms with Gasteiger partial charge in [-0.25, -0.2) is 0 Å². The summed E-state index contributed by atoms with van der Waals surface area (Å²) in [6, 6.07) is 6.31. The van der Waals surface area contributed by atoms with Crippen molar-refractivity contribution in [2.45, 2.75) is 57.9 Å². The summed E-state index contributed by atoms with van der Waals surface area (Å²) in [7, 11) is 0. The van der Waals surface area contributed by atoms with E-state index in [1.807, 2.05) is 12.1 Å². The molecular weight excluding hydrogens is 234 g/mol. The number of phenols is 1. The average molecular weight is 259 g/mol. The van der Waals surface area contributed by atoms with Gasteiger partial charge in [-0.3, -0.25) is 0 Å². The summed E-state index contributed by atoms with van der Waals surface area (Å²) in [5.41, 5.74) is 3.24. The zero-order valence-corrected chi connectivity index (χ0v) is 11.9. The third-order valence-corrected chi connectivity index (χ3v) is 5.03. The van der Waals surface area contributed by atoms with Crippen LogP contribution < -0.4 is 5.32 Å². The zero-order chi connectivity index (χ0) is 13.3. The molecule has 0 radical (unpaired) electrons. The lowest BCUT2D eigenvalue weighted by molar-refractivity contribution is 0.288. The van der Waals surface area contributed by atoms with E-state index in [0.717, 1.165) is 13.0 Å². The first-order valence-corrected chi connectivity index (χ1v) is 7.72. The Bertz CT molecular complexity index is 449. The van der Waals surface area contributed by atoms with Crippen LogP contribution in [0.2, 0.25) is 0 Å². The minimum absolute atomic E-state index is 0.402. The molecule has 19 heavy (non-hydrogen) atoms. The summed E-state index contributed by atoms with van der Waals surface area (Å²) >= 11 is 0. The molecule has 2 aliphatic carbocycles. The second-order valence-electron chi connectivity index (χ2n) is 6.73. The normalized spacial score (nSPS) is 25.2. The van der Waals surface area contributed by atoms with Crippen molar-refractivity contribution in [3.8, 4) is 5.75 Å². The first-order valence-electron chi connectivity index (χ1n) is 7.72.